The van der Waals surface area contributed by atoms with Crippen molar-refractivity contribution in [3.8, 4) is 5.75 Å². The fourth-order valence-electron chi connectivity index (χ4n) is 3.39. The molecule has 4 rings (SSSR count). The predicted octanol–water partition coefficient (Wildman–Crippen LogP) is 2.71. The van der Waals surface area contributed by atoms with Gasteiger partial charge in [-0.25, -0.2) is 9.97 Å². The fraction of sp³-hybridized carbons (Fsp3) is 0.353. The number of nitrogens with zero attached hydrogens (tertiary/aromatic N) is 5. The number of aromatic nitrogens is 4. The van der Waals surface area contributed by atoms with E-state index in [1.54, 1.807) is 18.1 Å². The standard InChI is InChI=1S/C17H19N5O/c1-21-16-14(10-20-21)17(19-11-18-16)22-8-4-7-15(22)12-5-3-6-13(9-12)23-2/h3,5-6,9-11,15H,4,7-8H2,1-2H3/t15-/m1/s1. The summed E-state index contributed by atoms with van der Waals surface area (Å²) in [5.74, 6) is 1.86. The molecule has 0 spiro atoms. The molecule has 1 aliphatic heterocycles. The van der Waals surface area contributed by atoms with Gasteiger partial charge in [0.25, 0.3) is 0 Å². The fourth-order valence-corrected chi connectivity index (χ4v) is 3.39. The molecule has 1 aromatic carbocycles. The Morgan fingerprint density at radius 3 is 3.04 bits per heavy atom. The molecule has 0 radical (unpaired) electrons. The number of benzene rings is 1. The third kappa shape index (κ3) is 2.30. The third-order valence-electron chi connectivity index (χ3n) is 4.51. The summed E-state index contributed by atoms with van der Waals surface area (Å²) in [6.45, 7) is 0.989. The highest BCUT2D eigenvalue weighted by Crippen LogP contribution is 2.38. The molecule has 23 heavy (non-hydrogen) atoms. The quantitative estimate of drug-likeness (QED) is 0.744. The number of hydrogen-bond donors (Lipinski definition) is 0. The van der Waals surface area contributed by atoms with Crippen molar-refractivity contribution in [1.29, 1.82) is 0 Å². The van der Waals surface area contributed by atoms with E-state index in [1.807, 2.05) is 25.4 Å². The molecule has 0 saturated carbocycles. The lowest BCUT2D eigenvalue weighted by Gasteiger charge is -2.26. The number of aryl methyl sites for hydroxylation is 1. The zero-order chi connectivity index (χ0) is 15.8. The summed E-state index contributed by atoms with van der Waals surface area (Å²) in [5, 5.41) is 5.32. The van der Waals surface area contributed by atoms with Crippen LogP contribution in [-0.2, 0) is 7.05 Å². The van der Waals surface area contributed by atoms with Gasteiger partial charge in [0, 0.05) is 13.6 Å². The van der Waals surface area contributed by atoms with Crippen LogP contribution in [0.1, 0.15) is 24.4 Å². The van der Waals surface area contributed by atoms with E-state index in [9.17, 15) is 0 Å². The van der Waals surface area contributed by atoms with Crippen LogP contribution in [0.3, 0.4) is 0 Å². The lowest BCUT2D eigenvalue weighted by Crippen LogP contribution is -2.23. The second-order valence-electron chi connectivity index (χ2n) is 5.83. The number of anilines is 1. The zero-order valence-corrected chi connectivity index (χ0v) is 13.3. The Kier molecular flexibility index (Phi) is 3.37. The van der Waals surface area contributed by atoms with Gasteiger partial charge in [-0.3, -0.25) is 4.68 Å². The molecular formula is C17H19N5O. The maximum Gasteiger partial charge on any atom is 0.163 e. The second kappa shape index (κ2) is 5.53. The number of ether oxygens (including phenoxy) is 1. The summed E-state index contributed by atoms with van der Waals surface area (Å²) in [6, 6.07) is 8.61. The normalized spacial score (nSPS) is 17.8. The van der Waals surface area contributed by atoms with E-state index in [0.29, 0.717) is 6.04 Å². The summed E-state index contributed by atoms with van der Waals surface area (Å²) in [6.07, 6.45) is 5.73. The first-order chi connectivity index (χ1) is 11.3. The van der Waals surface area contributed by atoms with Gasteiger partial charge in [-0.05, 0) is 30.5 Å². The van der Waals surface area contributed by atoms with E-state index in [4.69, 9.17) is 4.74 Å². The third-order valence-corrected chi connectivity index (χ3v) is 4.51. The van der Waals surface area contributed by atoms with E-state index >= 15 is 0 Å². The minimum atomic E-state index is 0.309. The second-order valence-corrected chi connectivity index (χ2v) is 5.83. The van der Waals surface area contributed by atoms with Crippen molar-refractivity contribution in [3.05, 3.63) is 42.4 Å². The summed E-state index contributed by atoms with van der Waals surface area (Å²) in [7, 11) is 3.61. The van der Waals surface area contributed by atoms with Crippen LogP contribution in [0.2, 0.25) is 0 Å². The lowest BCUT2D eigenvalue weighted by atomic mass is 10.0. The van der Waals surface area contributed by atoms with E-state index in [-0.39, 0.29) is 0 Å². The van der Waals surface area contributed by atoms with Crippen molar-refractivity contribution in [2.75, 3.05) is 18.6 Å². The molecule has 1 fully saturated rings. The molecule has 1 saturated heterocycles. The Balaban J connectivity index is 1.77. The first-order valence-electron chi connectivity index (χ1n) is 7.81. The number of methoxy groups -OCH3 is 1. The van der Waals surface area contributed by atoms with Gasteiger partial charge in [0.2, 0.25) is 0 Å². The lowest BCUT2D eigenvalue weighted by molar-refractivity contribution is 0.414. The van der Waals surface area contributed by atoms with Gasteiger partial charge in [0.1, 0.15) is 17.9 Å². The molecule has 0 N–H and O–H groups in total. The summed E-state index contributed by atoms with van der Waals surface area (Å²) in [5.41, 5.74) is 2.13. The summed E-state index contributed by atoms with van der Waals surface area (Å²) >= 11 is 0. The molecule has 0 bridgehead atoms. The van der Waals surface area contributed by atoms with Crippen LogP contribution in [0.15, 0.2) is 36.8 Å². The van der Waals surface area contributed by atoms with Crippen molar-refractivity contribution in [1.82, 2.24) is 19.7 Å². The van der Waals surface area contributed by atoms with Crippen LogP contribution >= 0.6 is 0 Å². The van der Waals surface area contributed by atoms with Crippen molar-refractivity contribution >= 4 is 16.9 Å². The topological polar surface area (TPSA) is 56.1 Å². The Labute approximate surface area is 134 Å². The highest BCUT2D eigenvalue weighted by molar-refractivity contribution is 5.87. The van der Waals surface area contributed by atoms with Gasteiger partial charge in [-0.15, -0.1) is 0 Å². The summed E-state index contributed by atoms with van der Waals surface area (Å²) < 4.78 is 7.16. The molecule has 6 nitrogen and oxygen atoms in total. The van der Waals surface area contributed by atoms with Crippen molar-refractivity contribution in [2.45, 2.75) is 18.9 Å². The van der Waals surface area contributed by atoms with Gasteiger partial charge >= 0.3 is 0 Å². The molecule has 0 unspecified atom stereocenters. The maximum atomic E-state index is 5.37. The Morgan fingerprint density at radius 1 is 1.26 bits per heavy atom. The Bertz CT molecular complexity index is 844. The van der Waals surface area contributed by atoms with Crippen LogP contribution in [0.5, 0.6) is 5.75 Å². The van der Waals surface area contributed by atoms with E-state index in [1.165, 1.54) is 5.56 Å². The van der Waals surface area contributed by atoms with Gasteiger partial charge in [-0.2, -0.15) is 5.10 Å². The van der Waals surface area contributed by atoms with E-state index in [0.717, 1.165) is 42.0 Å². The zero-order valence-electron chi connectivity index (χ0n) is 13.3. The largest absolute Gasteiger partial charge is 0.497 e. The van der Waals surface area contributed by atoms with Crippen molar-refractivity contribution in [2.24, 2.45) is 7.05 Å². The number of fused-ring (bicyclic) bond motifs is 1. The first kappa shape index (κ1) is 14.0. The Hall–Kier alpha value is -2.63. The molecule has 118 valence electrons. The average Bonchev–Trinajstić information content (AvgIpc) is 3.22. The smallest absolute Gasteiger partial charge is 0.163 e. The van der Waals surface area contributed by atoms with Crippen LogP contribution < -0.4 is 9.64 Å². The molecule has 3 heterocycles. The molecule has 6 heteroatoms. The molecule has 2 aromatic heterocycles. The van der Waals surface area contributed by atoms with Crippen LogP contribution in [0.4, 0.5) is 5.82 Å². The number of hydrogen-bond acceptors (Lipinski definition) is 5. The van der Waals surface area contributed by atoms with Gasteiger partial charge in [-0.1, -0.05) is 12.1 Å². The van der Waals surface area contributed by atoms with E-state index < -0.39 is 0 Å². The molecule has 0 amide bonds. The highest BCUT2D eigenvalue weighted by Gasteiger charge is 2.29. The van der Waals surface area contributed by atoms with Crippen molar-refractivity contribution in [3.63, 3.8) is 0 Å². The van der Waals surface area contributed by atoms with E-state index in [2.05, 4.69) is 32.1 Å². The highest BCUT2D eigenvalue weighted by atomic mass is 16.5. The van der Waals surface area contributed by atoms with Crippen LogP contribution in [-0.4, -0.2) is 33.4 Å². The van der Waals surface area contributed by atoms with Gasteiger partial charge < -0.3 is 9.64 Å². The maximum absolute atomic E-state index is 5.37. The molecular weight excluding hydrogens is 290 g/mol. The molecule has 3 aromatic rings. The van der Waals surface area contributed by atoms with Crippen molar-refractivity contribution < 1.29 is 4.74 Å². The monoisotopic (exact) mass is 309 g/mol. The van der Waals surface area contributed by atoms with Crippen LogP contribution in [0.25, 0.3) is 11.0 Å². The number of rotatable bonds is 3. The average molecular weight is 309 g/mol. The van der Waals surface area contributed by atoms with Gasteiger partial charge in [0.15, 0.2) is 5.65 Å². The predicted molar refractivity (Wildman–Crippen MR) is 88.6 cm³/mol. The van der Waals surface area contributed by atoms with Gasteiger partial charge in [0.05, 0.1) is 24.7 Å². The minimum Gasteiger partial charge on any atom is -0.497 e. The minimum absolute atomic E-state index is 0.309. The molecule has 1 aliphatic rings. The Morgan fingerprint density at radius 2 is 2.17 bits per heavy atom. The summed E-state index contributed by atoms with van der Waals surface area (Å²) in [4.78, 5) is 11.3. The molecule has 1 atom stereocenters. The van der Waals surface area contributed by atoms with Crippen LogP contribution in [0, 0.1) is 0 Å². The first-order valence-corrected chi connectivity index (χ1v) is 7.81. The SMILES string of the molecule is COc1cccc([C@H]2CCCN2c2ncnc3c2cnn3C)c1. The molecule has 0 aliphatic carbocycles.